The molecule has 0 bridgehead atoms. The van der Waals surface area contributed by atoms with Crippen molar-refractivity contribution in [3.63, 3.8) is 0 Å². The molecule has 2 fully saturated rings. The van der Waals surface area contributed by atoms with E-state index < -0.39 is 0 Å². The Hall–Kier alpha value is -2.50. The molecule has 0 amide bonds. The van der Waals surface area contributed by atoms with Gasteiger partial charge in [0, 0.05) is 42.7 Å². The smallest absolute Gasteiger partial charge is 0.123 e. The molecule has 4 nitrogen and oxygen atoms in total. The number of pyridine rings is 1. The number of aromatic amines is 1. The maximum atomic E-state index is 13.4. The van der Waals surface area contributed by atoms with Gasteiger partial charge in [0.05, 0.1) is 5.69 Å². The predicted molar refractivity (Wildman–Crippen MR) is 112 cm³/mol. The second-order valence-electron chi connectivity index (χ2n) is 8.32. The van der Waals surface area contributed by atoms with Crippen molar-refractivity contribution < 1.29 is 9.50 Å². The van der Waals surface area contributed by atoms with Crippen LogP contribution in [-0.2, 0) is 0 Å². The van der Waals surface area contributed by atoms with E-state index in [2.05, 4.69) is 20.9 Å². The van der Waals surface area contributed by atoms with E-state index in [1.807, 2.05) is 24.3 Å². The van der Waals surface area contributed by atoms with Gasteiger partial charge in [0.25, 0.3) is 0 Å². The van der Waals surface area contributed by atoms with E-state index in [4.69, 9.17) is 0 Å². The van der Waals surface area contributed by atoms with E-state index >= 15 is 0 Å². The first kappa shape index (κ1) is 18.5. The summed E-state index contributed by atoms with van der Waals surface area (Å²) in [5.41, 5.74) is 5.44. The number of aliphatic hydroxyl groups is 1. The molecule has 2 aliphatic rings. The topological polar surface area (TPSA) is 52.1 Å². The second-order valence-corrected chi connectivity index (χ2v) is 8.32. The Labute approximate surface area is 170 Å². The van der Waals surface area contributed by atoms with E-state index in [0.717, 1.165) is 61.2 Å². The standard InChI is InChI=1S/C24H26FN3O/c25-20-5-3-18(4-6-20)23-21(16-7-11-26-12-8-16)15-22(27-23)17-9-13-28(14-10-17)24(29)19-1-2-19/h3-8,11-12,15,17,19,24,27,29H,1-2,9-10,13-14H2. The van der Waals surface area contributed by atoms with Gasteiger partial charge in [-0.2, -0.15) is 0 Å². The molecule has 5 rings (SSSR count). The number of nitrogens with one attached hydrogen (secondary N) is 1. The van der Waals surface area contributed by atoms with E-state index in [1.165, 1.54) is 17.8 Å². The van der Waals surface area contributed by atoms with Crippen molar-refractivity contribution in [1.29, 1.82) is 0 Å². The van der Waals surface area contributed by atoms with Crippen LogP contribution >= 0.6 is 0 Å². The Morgan fingerprint density at radius 2 is 1.66 bits per heavy atom. The molecule has 150 valence electrons. The van der Waals surface area contributed by atoms with Gasteiger partial charge < -0.3 is 10.1 Å². The summed E-state index contributed by atoms with van der Waals surface area (Å²) in [6, 6.07) is 12.9. The van der Waals surface area contributed by atoms with Gasteiger partial charge in [0.1, 0.15) is 12.0 Å². The van der Waals surface area contributed by atoms with Crippen molar-refractivity contribution in [2.75, 3.05) is 13.1 Å². The molecule has 1 aliphatic carbocycles. The zero-order valence-electron chi connectivity index (χ0n) is 16.4. The van der Waals surface area contributed by atoms with Crippen LogP contribution in [0.15, 0.2) is 54.9 Å². The van der Waals surface area contributed by atoms with E-state index in [0.29, 0.717) is 11.8 Å². The Morgan fingerprint density at radius 1 is 0.966 bits per heavy atom. The summed E-state index contributed by atoms with van der Waals surface area (Å²) in [6.45, 7) is 1.86. The third kappa shape index (κ3) is 3.85. The normalized spacial score (nSPS) is 19.4. The second kappa shape index (κ2) is 7.73. The summed E-state index contributed by atoms with van der Waals surface area (Å²) >= 11 is 0. The van der Waals surface area contributed by atoms with Crippen LogP contribution in [0.25, 0.3) is 22.4 Å². The van der Waals surface area contributed by atoms with Gasteiger partial charge in [0.15, 0.2) is 0 Å². The van der Waals surface area contributed by atoms with Gasteiger partial charge in [-0.15, -0.1) is 0 Å². The number of aliphatic hydroxyl groups excluding tert-OH is 1. The van der Waals surface area contributed by atoms with Gasteiger partial charge in [-0.05, 0) is 85.2 Å². The van der Waals surface area contributed by atoms with Crippen LogP contribution in [0.3, 0.4) is 0 Å². The summed E-state index contributed by atoms with van der Waals surface area (Å²) in [5.74, 6) is 0.695. The molecule has 29 heavy (non-hydrogen) atoms. The average Bonchev–Trinajstić information content (AvgIpc) is 3.53. The van der Waals surface area contributed by atoms with Crippen LogP contribution in [0.5, 0.6) is 0 Å². The molecule has 2 N–H and O–H groups in total. The summed E-state index contributed by atoms with van der Waals surface area (Å²) in [7, 11) is 0. The first-order valence-electron chi connectivity index (χ1n) is 10.5. The first-order valence-corrected chi connectivity index (χ1v) is 10.5. The van der Waals surface area contributed by atoms with Crippen LogP contribution in [-0.4, -0.2) is 39.3 Å². The number of rotatable bonds is 5. The van der Waals surface area contributed by atoms with Crippen molar-refractivity contribution in [3.05, 3.63) is 66.4 Å². The lowest BCUT2D eigenvalue weighted by molar-refractivity contribution is -0.0264. The van der Waals surface area contributed by atoms with Gasteiger partial charge in [-0.25, -0.2) is 4.39 Å². The Balaban J connectivity index is 1.43. The monoisotopic (exact) mass is 391 g/mol. The molecule has 0 radical (unpaired) electrons. The van der Waals surface area contributed by atoms with Crippen molar-refractivity contribution >= 4 is 0 Å². The van der Waals surface area contributed by atoms with E-state index in [-0.39, 0.29) is 12.0 Å². The minimum absolute atomic E-state index is 0.229. The number of nitrogens with zero attached hydrogens (tertiary/aromatic N) is 2. The van der Waals surface area contributed by atoms with E-state index in [9.17, 15) is 9.50 Å². The van der Waals surface area contributed by atoms with E-state index in [1.54, 1.807) is 12.4 Å². The van der Waals surface area contributed by atoms with Crippen molar-refractivity contribution in [2.45, 2.75) is 37.8 Å². The first-order chi connectivity index (χ1) is 14.2. The fraction of sp³-hybridized carbons (Fsp3) is 0.375. The zero-order chi connectivity index (χ0) is 19.8. The summed E-state index contributed by atoms with van der Waals surface area (Å²) in [4.78, 5) is 10.0. The molecule has 1 aliphatic heterocycles. The van der Waals surface area contributed by atoms with Crippen LogP contribution in [0.2, 0.25) is 0 Å². The fourth-order valence-electron chi connectivity index (χ4n) is 4.47. The van der Waals surface area contributed by atoms with Crippen molar-refractivity contribution in [2.24, 2.45) is 5.92 Å². The minimum atomic E-state index is -0.262. The van der Waals surface area contributed by atoms with Gasteiger partial charge in [-0.3, -0.25) is 9.88 Å². The SMILES string of the molecule is OC(C1CC1)N1CCC(c2cc(-c3ccncc3)c(-c3ccc(F)cc3)[nH]2)CC1. The minimum Gasteiger partial charge on any atom is -0.378 e. The van der Waals surface area contributed by atoms with Gasteiger partial charge in [-0.1, -0.05) is 0 Å². The maximum Gasteiger partial charge on any atom is 0.123 e. The number of likely N-dealkylation sites (tertiary alicyclic amines) is 1. The number of hydrogen-bond donors (Lipinski definition) is 2. The van der Waals surface area contributed by atoms with Crippen LogP contribution in [0.1, 0.15) is 37.3 Å². The third-order valence-electron chi connectivity index (χ3n) is 6.35. The Morgan fingerprint density at radius 3 is 2.31 bits per heavy atom. The number of benzene rings is 1. The molecule has 5 heteroatoms. The Bertz CT molecular complexity index is 958. The zero-order valence-corrected chi connectivity index (χ0v) is 16.4. The van der Waals surface area contributed by atoms with Crippen molar-refractivity contribution in [1.82, 2.24) is 14.9 Å². The lowest BCUT2D eigenvalue weighted by Crippen LogP contribution is -2.42. The number of piperidine rings is 1. The molecule has 1 saturated carbocycles. The summed E-state index contributed by atoms with van der Waals surface area (Å²) in [6.07, 6.45) is 7.72. The molecule has 2 aromatic heterocycles. The van der Waals surface area contributed by atoms with Crippen LogP contribution < -0.4 is 0 Å². The predicted octanol–water partition coefficient (Wildman–Crippen LogP) is 4.79. The molecule has 1 atom stereocenters. The highest BCUT2D eigenvalue weighted by molar-refractivity contribution is 5.82. The number of H-pyrrole nitrogens is 1. The molecule has 3 heterocycles. The summed E-state index contributed by atoms with van der Waals surface area (Å²) < 4.78 is 13.4. The lowest BCUT2D eigenvalue weighted by Gasteiger charge is -2.35. The van der Waals surface area contributed by atoms with Gasteiger partial charge >= 0.3 is 0 Å². The molecular weight excluding hydrogens is 365 g/mol. The number of halogens is 1. The molecule has 0 spiro atoms. The molecule has 1 aromatic carbocycles. The summed E-state index contributed by atoms with van der Waals surface area (Å²) in [5, 5.41) is 10.4. The molecule has 1 saturated heterocycles. The van der Waals surface area contributed by atoms with Crippen molar-refractivity contribution in [3.8, 4) is 22.4 Å². The molecular formula is C24H26FN3O. The largest absolute Gasteiger partial charge is 0.378 e. The fourth-order valence-corrected chi connectivity index (χ4v) is 4.47. The molecule has 3 aromatic rings. The quantitative estimate of drug-likeness (QED) is 0.657. The van der Waals surface area contributed by atoms with Crippen LogP contribution in [0.4, 0.5) is 4.39 Å². The van der Waals surface area contributed by atoms with Crippen LogP contribution in [0, 0.1) is 11.7 Å². The maximum absolute atomic E-state index is 13.4. The number of aromatic nitrogens is 2. The number of hydrogen-bond acceptors (Lipinski definition) is 3. The third-order valence-corrected chi connectivity index (χ3v) is 6.35. The van der Waals surface area contributed by atoms with Gasteiger partial charge in [0.2, 0.25) is 0 Å². The highest BCUT2D eigenvalue weighted by Crippen LogP contribution is 2.39. The Kier molecular flexibility index (Phi) is 4.94. The lowest BCUT2D eigenvalue weighted by atomic mass is 9.92. The highest BCUT2D eigenvalue weighted by Gasteiger charge is 2.35. The molecule has 1 unspecified atom stereocenters. The highest BCUT2D eigenvalue weighted by atomic mass is 19.1. The average molecular weight is 391 g/mol.